The van der Waals surface area contributed by atoms with Gasteiger partial charge in [0.1, 0.15) is 18.1 Å². The summed E-state index contributed by atoms with van der Waals surface area (Å²) in [5.41, 5.74) is 6.12. The van der Waals surface area contributed by atoms with E-state index in [1.54, 1.807) is 13.8 Å². The van der Waals surface area contributed by atoms with Crippen LogP contribution in [-0.4, -0.2) is 86.0 Å². The Labute approximate surface area is 207 Å². The van der Waals surface area contributed by atoms with Crippen LogP contribution in [0.4, 0.5) is 0 Å². The van der Waals surface area contributed by atoms with Crippen molar-refractivity contribution in [1.29, 1.82) is 0 Å². The number of nitrogens with two attached hydrogens (primary N) is 1. The van der Waals surface area contributed by atoms with Gasteiger partial charge in [-0.05, 0) is 24.3 Å². The van der Waals surface area contributed by atoms with Crippen molar-refractivity contribution in [2.75, 3.05) is 12.0 Å². The lowest BCUT2D eigenvalue weighted by Gasteiger charge is -2.26. The third kappa shape index (κ3) is 10.3. The van der Waals surface area contributed by atoms with Crippen molar-refractivity contribution >= 4 is 41.4 Å². The number of nitrogens with one attached hydrogen (secondary N) is 4. The van der Waals surface area contributed by atoms with E-state index >= 15 is 0 Å². The predicted molar refractivity (Wildman–Crippen MR) is 128 cm³/mol. The van der Waals surface area contributed by atoms with Crippen LogP contribution >= 0.6 is 11.8 Å². The van der Waals surface area contributed by atoms with E-state index in [0.717, 1.165) is 0 Å². The highest BCUT2D eigenvalue weighted by Crippen LogP contribution is 2.10. The molecule has 0 aliphatic heterocycles. The van der Waals surface area contributed by atoms with Gasteiger partial charge in [0.05, 0.1) is 18.8 Å². The zero-order valence-electron chi connectivity index (χ0n) is 19.9. The normalized spacial score (nSPS) is 15.2. The summed E-state index contributed by atoms with van der Waals surface area (Å²) in [4.78, 5) is 67.6. The van der Waals surface area contributed by atoms with Crippen molar-refractivity contribution in [3.05, 3.63) is 18.2 Å². The molecule has 13 nitrogen and oxygen atoms in total. The van der Waals surface area contributed by atoms with Gasteiger partial charge in [0.2, 0.25) is 17.7 Å². The molecular weight excluding hydrogens is 480 g/mol. The fraction of sp³-hybridized carbons (Fsp3) is 0.619. The molecule has 35 heavy (non-hydrogen) atoms. The largest absolute Gasteiger partial charge is 0.481 e. The Morgan fingerprint density at radius 2 is 1.71 bits per heavy atom. The van der Waals surface area contributed by atoms with Gasteiger partial charge in [-0.2, -0.15) is 11.8 Å². The molecule has 8 N–H and O–H groups in total. The third-order valence-electron chi connectivity index (χ3n) is 5.36. The molecule has 0 aliphatic rings. The molecule has 0 saturated heterocycles. The van der Waals surface area contributed by atoms with Crippen molar-refractivity contribution in [3.63, 3.8) is 0 Å². The summed E-state index contributed by atoms with van der Waals surface area (Å²) in [7, 11) is 0. The first-order valence-corrected chi connectivity index (χ1v) is 12.5. The highest BCUT2D eigenvalue weighted by molar-refractivity contribution is 7.98. The van der Waals surface area contributed by atoms with Gasteiger partial charge in [-0.25, -0.2) is 9.78 Å². The Morgan fingerprint density at radius 1 is 1.09 bits per heavy atom. The lowest BCUT2D eigenvalue weighted by atomic mass is 9.98. The van der Waals surface area contributed by atoms with Gasteiger partial charge in [0, 0.05) is 18.3 Å². The molecule has 0 radical (unpaired) electrons. The van der Waals surface area contributed by atoms with E-state index in [1.807, 2.05) is 6.26 Å². The first-order chi connectivity index (χ1) is 16.5. The standard InChI is InChI=1S/C21H34N6O7S/c1-4-11(2)17(21(33)34)27-20(32)15(7-12-9-23-10-24-12)26-19(31)14(5-6-35-3)25-18(30)13(22)8-16(28)29/h9-11,13-15,17H,4-8,22H2,1-3H3,(H,23,24)(H,25,30)(H,26,31)(H,27,32)(H,28,29)(H,33,34). The molecule has 1 heterocycles. The Kier molecular flexibility index (Phi) is 12.8. The van der Waals surface area contributed by atoms with E-state index in [1.165, 1.54) is 24.3 Å². The number of carboxylic acids is 2. The Hall–Kier alpha value is -3.13. The molecule has 0 saturated carbocycles. The number of nitrogens with zero attached hydrogens (tertiary/aromatic N) is 1. The van der Waals surface area contributed by atoms with Gasteiger partial charge in [0.25, 0.3) is 0 Å². The minimum Gasteiger partial charge on any atom is -0.481 e. The highest BCUT2D eigenvalue weighted by Gasteiger charge is 2.32. The summed E-state index contributed by atoms with van der Waals surface area (Å²) in [5, 5.41) is 25.9. The number of carbonyl (C=O) groups excluding carboxylic acids is 3. The first kappa shape index (κ1) is 29.9. The number of H-pyrrole nitrogens is 1. The smallest absolute Gasteiger partial charge is 0.326 e. The number of rotatable bonds is 16. The summed E-state index contributed by atoms with van der Waals surface area (Å²) in [6, 6.07) is -4.77. The Morgan fingerprint density at radius 3 is 2.23 bits per heavy atom. The van der Waals surface area contributed by atoms with Gasteiger partial charge in [-0.3, -0.25) is 19.2 Å². The monoisotopic (exact) mass is 514 g/mol. The number of aliphatic carboxylic acids is 2. The van der Waals surface area contributed by atoms with Crippen LogP contribution in [0.25, 0.3) is 0 Å². The molecule has 3 amide bonds. The molecule has 0 fully saturated rings. The van der Waals surface area contributed by atoms with Crippen LogP contribution in [0.3, 0.4) is 0 Å². The molecule has 196 valence electrons. The molecule has 0 aliphatic carbocycles. The van der Waals surface area contributed by atoms with Crippen molar-refractivity contribution in [2.24, 2.45) is 11.7 Å². The topological polar surface area (TPSA) is 217 Å². The second-order valence-corrected chi connectivity index (χ2v) is 9.08. The number of amides is 3. The summed E-state index contributed by atoms with van der Waals surface area (Å²) >= 11 is 1.43. The van der Waals surface area contributed by atoms with Crippen molar-refractivity contribution in [1.82, 2.24) is 25.9 Å². The number of aromatic amines is 1. The molecule has 1 aromatic heterocycles. The van der Waals surface area contributed by atoms with Gasteiger partial charge in [-0.1, -0.05) is 20.3 Å². The second-order valence-electron chi connectivity index (χ2n) is 8.10. The zero-order valence-corrected chi connectivity index (χ0v) is 20.8. The Bertz CT molecular complexity index is 866. The highest BCUT2D eigenvalue weighted by atomic mass is 32.2. The summed E-state index contributed by atoms with van der Waals surface area (Å²) in [5.74, 6) is -4.54. The van der Waals surface area contributed by atoms with Crippen LogP contribution in [0.5, 0.6) is 0 Å². The van der Waals surface area contributed by atoms with E-state index in [9.17, 15) is 29.1 Å². The van der Waals surface area contributed by atoms with E-state index in [-0.39, 0.29) is 18.8 Å². The molecular formula is C21H34N6O7S. The van der Waals surface area contributed by atoms with E-state index < -0.39 is 60.2 Å². The summed E-state index contributed by atoms with van der Waals surface area (Å²) in [6.45, 7) is 3.49. The predicted octanol–water partition coefficient (Wildman–Crippen LogP) is -0.908. The maximum Gasteiger partial charge on any atom is 0.326 e. The first-order valence-electron chi connectivity index (χ1n) is 11.1. The fourth-order valence-electron chi connectivity index (χ4n) is 3.10. The number of carbonyl (C=O) groups is 5. The van der Waals surface area contributed by atoms with Crippen molar-refractivity contribution < 1.29 is 34.2 Å². The molecule has 5 atom stereocenters. The average molecular weight is 515 g/mol. The Balaban J connectivity index is 3.07. The van der Waals surface area contributed by atoms with Crippen LogP contribution in [-0.2, 0) is 30.4 Å². The number of carboxylic acid groups (broad SMARTS) is 2. The minimum atomic E-state index is -1.35. The van der Waals surface area contributed by atoms with Crippen molar-refractivity contribution in [2.45, 2.75) is 63.7 Å². The molecule has 0 spiro atoms. The van der Waals surface area contributed by atoms with E-state index in [0.29, 0.717) is 17.9 Å². The maximum atomic E-state index is 13.1. The van der Waals surface area contributed by atoms with Gasteiger partial charge < -0.3 is 36.9 Å². The molecule has 0 aromatic carbocycles. The quantitative estimate of drug-likeness (QED) is 0.144. The number of hydrogen-bond donors (Lipinski definition) is 7. The number of hydrogen-bond acceptors (Lipinski definition) is 8. The lowest BCUT2D eigenvalue weighted by molar-refractivity contribution is -0.143. The third-order valence-corrected chi connectivity index (χ3v) is 6.01. The summed E-state index contributed by atoms with van der Waals surface area (Å²) < 4.78 is 0. The SMILES string of the molecule is CCC(C)C(NC(=O)C(Cc1cnc[nH]1)NC(=O)C(CCSC)NC(=O)C(N)CC(=O)O)C(=O)O. The lowest BCUT2D eigenvalue weighted by Crippen LogP contribution is -2.58. The number of imidazole rings is 1. The molecule has 14 heteroatoms. The van der Waals surface area contributed by atoms with E-state index in [2.05, 4.69) is 25.9 Å². The molecule has 1 aromatic rings. The summed E-state index contributed by atoms with van der Waals surface area (Å²) in [6.07, 6.45) is 4.76. The number of thioether (sulfide) groups is 1. The fourth-order valence-corrected chi connectivity index (χ4v) is 3.57. The molecule has 0 bridgehead atoms. The van der Waals surface area contributed by atoms with Crippen LogP contribution in [0.1, 0.15) is 38.8 Å². The maximum absolute atomic E-state index is 13.1. The second kappa shape index (κ2) is 15.0. The van der Waals surface area contributed by atoms with Crippen LogP contribution in [0.15, 0.2) is 12.5 Å². The van der Waals surface area contributed by atoms with Gasteiger partial charge in [-0.15, -0.1) is 0 Å². The van der Waals surface area contributed by atoms with Crippen LogP contribution < -0.4 is 21.7 Å². The minimum absolute atomic E-state index is 0.00780. The average Bonchev–Trinajstić information content (AvgIpc) is 3.31. The molecule has 5 unspecified atom stereocenters. The van der Waals surface area contributed by atoms with Crippen LogP contribution in [0, 0.1) is 5.92 Å². The van der Waals surface area contributed by atoms with Gasteiger partial charge in [0.15, 0.2) is 0 Å². The van der Waals surface area contributed by atoms with Gasteiger partial charge >= 0.3 is 11.9 Å². The molecule has 1 rings (SSSR count). The number of aromatic nitrogens is 2. The zero-order chi connectivity index (χ0) is 26.5. The van der Waals surface area contributed by atoms with Crippen LogP contribution in [0.2, 0.25) is 0 Å². The van der Waals surface area contributed by atoms with Crippen molar-refractivity contribution in [3.8, 4) is 0 Å². The van der Waals surface area contributed by atoms with E-state index in [4.69, 9.17) is 10.8 Å².